The minimum absolute atomic E-state index is 0.252. The lowest BCUT2D eigenvalue weighted by molar-refractivity contribution is 0.0953. The van der Waals surface area contributed by atoms with Gasteiger partial charge in [0.2, 0.25) is 0 Å². The Morgan fingerprint density at radius 2 is 1.81 bits per heavy atom. The molecule has 0 heterocycles. The van der Waals surface area contributed by atoms with E-state index in [0.29, 0.717) is 18.7 Å². The van der Waals surface area contributed by atoms with E-state index in [1.807, 2.05) is 0 Å². The van der Waals surface area contributed by atoms with Crippen LogP contribution in [0.25, 0.3) is 0 Å². The van der Waals surface area contributed by atoms with Crippen LogP contribution in [0.4, 0.5) is 9.18 Å². The first-order valence-electron chi connectivity index (χ1n) is 6.59. The Hall–Kier alpha value is -2.15. The molecule has 0 atom stereocenters. The molecule has 21 heavy (non-hydrogen) atoms. The number of urea groups is 1. The molecule has 3 amide bonds. The van der Waals surface area contributed by atoms with Crippen molar-refractivity contribution in [2.24, 2.45) is 0 Å². The van der Waals surface area contributed by atoms with Crippen molar-refractivity contribution >= 4 is 11.9 Å². The molecule has 116 valence electrons. The lowest BCUT2D eigenvalue weighted by Crippen LogP contribution is -2.41. The molecule has 3 N–H and O–H groups in total. The second kappa shape index (κ2) is 8.91. The Labute approximate surface area is 123 Å². The van der Waals surface area contributed by atoms with E-state index in [4.69, 9.17) is 4.74 Å². The summed E-state index contributed by atoms with van der Waals surface area (Å²) in [6, 6.07) is 3.96. The third kappa shape index (κ3) is 6.22. The third-order valence-electron chi connectivity index (χ3n) is 2.72. The number of carbonyl (C=O) groups excluding carboxylic acids is 2. The van der Waals surface area contributed by atoms with E-state index in [9.17, 15) is 14.0 Å². The smallest absolute Gasteiger partial charge is 0.314 e. The van der Waals surface area contributed by atoms with Gasteiger partial charge in [-0.15, -0.1) is 0 Å². The zero-order valence-corrected chi connectivity index (χ0v) is 12.2. The number of hydrogen-bond donors (Lipinski definition) is 3. The summed E-state index contributed by atoms with van der Waals surface area (Å²) in [5, 5.41) is 7.75. The Bertz CT molecular complexity index is 494. The Morgan fingerprint density at radius 3 is 2.48 bits per heavy atom. The van der Waals surface area contributed by atoms with Gasteiger partial charge in [0.25, 0.3) is 5.91 Å². The topological polar surface area (TPSA) is 79.5 Å². The molecule has 0 aliphatic carbocycles. The fourth-order valence-corrected chi connectivity index (χ4v) is 1.52. The van der Waals surface area contributed by atoms with E-state index < -0.39 is 5.82 Å². The van der Waals surface area contributed by atoms with Gasteiger partial charge in [-0.25, -0.2) is 9.18 Å². The first-order valence-corrected chi connectivity index (χ1v) is 6.59. The normalized spacial score (nSPS) is 10.0. The first-order chi connectivity index (χ1) is 10.0. The molecule has 6 nitrogen and oxygen atoms in total. The van der Waals surface area contributed by atoms with Gasteiger partial charge in [0.15, 0.2) is 0 Å². The van der Waals surface area contributed by atoms with Crippen molar-refractivity contribution < 1.29 is 18.7 Å². The summed E-state index contributed by atoms with van der Waals surface area (Å²) in [7, 11) is 1.54. The molecular formula is C14H20FN3O3. The summed E-state index contributed by atoms with van der Waals surface area (Å²) < 4.78 is 18.1. The summed E-state index contributed by atoms with van der Waals surface area (Å²) in [5.74, 6) is -0.797. The minimum atomic E-state index is -0.418. The molecule has 0 aliphatic rings. The van der Waals surface area contributed by atoms with E-state index >= 15 is 0 Å². The van der Waals surface area contributed by atoms with Gasteiger partial charge in [-0.1, -0.05) is 6.07 Å². The minimum Gasteiger partial charge on any atom is -0.383 e. The van der Waals surface area contributed by atoms with Crippen LogP contribution in [-0.4, -0.2) is 45.3 Å². The zero-order chi connectivity index (χ0) is 15.7. The van der Waals surface area contributed by atoms with Crippen molar-refractivity contribution in [3.05, 3.63) is 35.1 Å². The molecule has 1 rings (SSSR count). The largest absolute Gasteiger partial charge is 0.383 e. The van der Waals surface area contributed by atoms with Crippen molar-refractivity contribution in [2.75, 3.05) is 33.4 Å². The van der Waals surface area contributed by atoms with Gasteiger partial charge in [-0.05, 0) is 24.6 Å². The van der Waals surface area contributed by atoms with E-state index in [2.05, 4.69) is 16.0 Å². The first kappa shape index (κ1) is 16.9. The molecule has 0 spiro atoms. The number of aryl methyl sites for hydroxylation is 1. The summed E-state index contributed by atoms with van der Waals surface area (Å²) in [6.45, 7) is 3.01. The van der Waals surface area contributed by atoms with Gasteiger partial charge < -0.3 is 20.7 Å². The number of amides is 3. The van der Waals surface area contributed by atoms with Crippen LogP contribution in [0.2, 0.25) is 0 Å². The van der Waals surface area contributed by atoms with Crippen LogP contribution < -0.4 is 16.0 Å². The highest BCUT2D eigenvalue weighted by Gasteiger charge is 2.07. The van der Waals surface area contributed by atoms with Crippen molar-refractivity contribution in [2.45, 2.75) is 6.92 Å². The second-order valence-corrected chi connectivity index (χ2v) is 4.40. The maximum atomic E-state index is 13.3. The molecule has 0 radical (unpaired) electrons. The fraction of sp³-hybridized carbons (Fsp3) is 0.429. The molecule has 0 aromatic heterocycles. The van der Waals surface area contributed by atoms with Crippen LogP contribution in [0, 0.1) is 12.7 Å². The quantitative estimate of drug-likeness (QED) is 0.652. The number of ether oxygens (including phenoxy) is 1. The number of carbonyl (C=O) groups is 2. The Kier molecular flexibility index (Phi) is 7.17. The summed E-state index contributed by atoms with van der Waals surface area (Å²) in [4.78, 5) is 23.0. The summed E-state index contributed by atoms with van der Waals surface area (Å²) in [6.07, 6.45) is 0. The molecule has 0 bridgehead atoms. The average molecular weight is 297 g/mol. The molecule has 0 fully saturated rings. The van der Waals surface area contributed by atoms with Crippen LogP contribution in [0.5, 0.6) is 0 Å². The Morgan fingerprint density at radius 1 is 1.14 bits per heavy atom. The molecular weight excluding hydrogens is 277 g/mol. The highest BCUT2D eigenvalue weighted by Crippen LogP contribution is 2.08. The lowest BCUT2D eigenvalue weighted by Gasteiger charge is -2.08. The van der Waals surface area contributed by atoms with Gasteiger partial charge in [0.05, 0.1) is 6.61 Å². The number of methoxy groups -OCH3 is 1. The monoisotopic (exact) mass is 297 g/mol. The summed E-state index contributed by atoms with van der Waals surface area (Å²) >= 11 is 0. The van der Waals surface area contributed by atoms with Gasteiger partial charge in [0.1, 0.15) is 5.82 Å². The molecule has 1 aromatic carbocycles. The predicted octanol–water partition coefficient (Wildman–Crippen LogP) is 0.810. The van der Waals surface area contributed by atoms with Gasteiger partial charge in [-0.3, -0.25) is 4.79 Å². The molecule has 0 saturated carbocycles. The Balaban J connectivity index is 2.24. The van der Waals surface area contributed by atoms with Crippen molar-refractivity contribution in [3.8, 4) is 0 Å². The molecule has 1 aromatic rings. The number of hydrogen-bond acceptors (Lipinski definition) is 3. The second-order valence-electron chi connectivity index (χ2n) is 4.40. The van der Waals surface area contributed by atoms with Gasteiger partial charge in [0, 0.05) is 32.3 Å². The van der Waals surface area contributed by atoms with Gasteiger partial charge in [-0.2, -0.15) is 0 Å². The van der Waals surface area contributed by atoms with Crippen LogP contribution >= 0.6 is 0 Å². The van der Waals surface area contributed by atoms with Crippen LogP contribution in [0.15, 0.2) is 18.2 Å². The maximum absolute atomic E-state index is 13.3. The lowest BCUT2D eigenvalue weighted by atomic mass is 10.1. The molecule has 0 unspecified atom stereocenters. The summed E-state index contributed by atoms with van der Waals surface area (Å²) in [5.41, 5.74) is 0.739. The number of halogens is 1. The van der Waals surface area contributed by atoms with Crippen LogP contribution in [0.1, 0.15) is 15.9 Å². The number of benzene rings is 1. The highest BCUT2D eigenvalue weighted by atomic mass is 19.1. The van der Waals surface area contributed by atoms with Crippen LogP contribution in [-0.2, 0) is 4.74 Å². The van der Waals surface area contributed by atoms with E-state index in [1.165, 1.54) is 6.07 Å². The van der Waals surface area contributed by atoms with Gasteiger partial charge >= 0.3 is 6.03 Å². The van der Waals surface area contributed by atoms with E-state index in [0.717, 1.165) is 0 Å². The van der Waals surface area contributed by atoms with E-state index in [-0.39, 0.29) is 30.6 Å². The molecule has 7 heteroatoms. The van der Waals surface area contributed by atoms with Crippen molar-refractivity contribution in [3.63, 3.8) is 0 Å². The average Bonchev–Trinajstić information content (AvgIpc) is 2.46. The van der Waals surface area contributed by atoms with Crippen molar-refractivity contribution in [1.82, 2.24) is 16.0 Å². The molecule has 0 saturated heterocycles. The zero-order valence-electron chi connectivity index (χ0n) is 12.2. The molecule has 0 aliphatic heterocycles. The third-order valence-corrected chi connectivity index (χ3v) is 2.72. The predicted molar refractivity (Wildman–Crippen MR) is 76.7 cm³/mol. The fourth-order valence-electron chi connectivity index (χ4n) is 1.52. The standard InChI is InChI=1S/C14H20FN3O3/c1-10-3-4-11(9-12(10)15)13(19)16-5-6-17-14(20)18-7-8-21-2/h3-4,9H,5-8H2,1-2H3,(H,16,19)(H2,17,18,20). The number of nitrogens with one attached hydrogen (secondary N) is 3. The van der Waals surface area contributed by atoms with Crippen molar-refractivity contribution in [1.29, 1.82) is 0 Å². The van der Waals surface area contributed by atoms with Crippen LogP contribution in [0.3, 0.4) is 0 Å². The van der Waals surface area contributed by atoms with E-state index in [1.54, 1.807) is 26.2 Å². The number of rotatable bonds is 7. The highest BCUT2D eigenvalue weighted by molar-refractivity contribution is 5.94. The maximum Gasteiger partial charge on any atom is 0.314 e. The SMILES string of the molecule is COCCNC(=O)NCCNC(=O)c1ccc(C)c(F)c1.